The fraction of sp³-hybridized carbons (Fsp3) is 0.353. The first-order chi connectivity index (χ1) is 10.1. The van der Waals surface area contributed by atoms with Crippen molar-refractivity contribution in [2.75, 3.05) is 0 Å². The number of fused-ring (bicyclic) bond motifs is 5. The van der Waals surface area contributed by atoms with Crippen LogP contribution >= 0.6 is 0 Å². The number of amides is 2. The normalized spacial score (nSPS) is 33.5. The van der Waals surface area contributed by atoms with Gasteiger partial charge in [0, 0.05) is 0 Å². The molecule has 1 saturated carbocycles. The molecule has 1 aromatic carbocycles. The molecule has 21 heavy (non-hydrogen) atoms. The van der Waals surface area contributed by atoms with E-state index in [-0.39, 0.29) is 35.5 Å². The zero-order valence-corrected chi connectivity index (χ0v) is 11.8. The summed E-state index contributed by atoms with van der Waals surface area (Å²) in [4.78, 5) is 24.8. The van der Waals surface area contributed by atoms with Gasteiger partial charge in [-0.2, -0.15) is 10.1 Å². The molecule has 2 amide bonds. The van der Waals surface area contributed by atoms with Gasteiger partial charge in [-0.25, -0.2) is 0 Å². The number of hydrogen-bond donors (Lipinski definition) is 0. The Kier molecular flexibility index (Phi) is 2.61. The molecule has 3 aliphatic rings. The van der Waals surface area contributed by atoms with Gasteiger partial charge in [0.2, 0.25) is 0 Å². The first-order valence-corrected chi connectivity index (χ1v) is 7.32. The average molecular weight is 280 g/mol. The molecule has 0 radical (unpaired) electrons. The average Bonchev–Trinajstić information content (AvgIpc) is 3.14. The predicted molar refractivity (Wildman–Crippen MR) is 78.3 cm³/mol. The van der Waals surface area contributed by atoms with E-state index in [1.54, 1.807) is 6.21 Å². The lowest BCUT2D eigenvalue weighted by Crippen LogP contribution is -2.28. The molecule has 1 saturated heterocycles. The Labute approximate surface area is 123 Å². The third-order valence-electron chi connectivity index (χ3n) is 4.85. The molecule has 1 aromatic rings. The maximum Gasteiger partial charge on any atom is 0.254 e. The number of imide groups is 1. The highest BCUT2D eigenvalue weighted by Gasteiger charge is 2.59. The second-order valence-corrected chi connectivity index (χ2v) is 6.14. The lowest BCUT2D eigenvalue weighted by molar-refractivity contribution is -0.140. The van der Waals surface area contributed by atoms with E-state index in [1.807, 2.05) is 31.2 Å². The highest BCUT2D eigenvalue weighted by Crippen LogP contribution is 2.52. The van der Waals surface area contributed by atoms with Gasteiger partial charge in [-0.15, -0.1) is 0 Å². The fourth-order valence-corrected chi connectivity index (χ4v) is 3.78. The predicted octanol–water partition coefficient (Wildman–Crippen LogP) is 2.14. The van der Waals surface area contributed by atoms with E-state index >= 15 is 0 Å². The van der Waals surface area contributed by atoms with Crippen molar-refractivity contribution in [3.8, 4) is 0 Å². The van der Waals surface area contributed by atoms with Gasteiger partial charge in [0.05, 0.1) is 18.1 Å². The second kappa shape index (κ2) is 4.38. The molecular formula is C17H16N2O2. The Morgan fingerprint density at radius 2 is 1.62 bits per heavy atom. The molecule has 0 N–H and O–H groups in total. The van der Waals surface area contributed by atoms with E-state index in [4.69, 9.17) is 0 Å². The van der Waals surface area contributed by atoms with Crippen molar-refractivity contribution in [3.63, 3.8) is 0 Å². The molecule has 4 atom stereocenters. The van der Waals surface area contributed by atoms with Gasteiger partial charge in [0.1, 0.15) is 0 Å². The summed E-state index contributed by atoms with van der Waals surface area (Å²) in [7, 11) is 0. The highest BCUT2D eigenvalue weighted by molar-refractivity contribution is 6.06. The Morgan fingerprint density at radius 1 is 1.05 bits per heavy atom. The number of carbonyl (C=O) groups excluding carboxylic acids is 2. The van der Waals surface area contributed by atoms with E-state index in [9.17, 15) is 9.59 Å². The summed E-state index contributed by atoms with van der Waals surface area (Å²) < 4.78 is 0. The number of nitrogens with zero attached hydrogens (tertiary/aromatic N) is 2. The maximum absolute atomic E-state index is 12.4. The Morgan fingerprint density at radius 3 is 2.19 bits per heavy atom. The van der Waals surface area contributed by atoms with Crippen LogP contribution in [0.2, 0.25) is 0 Å². The summed E-state index contributed by atoms with van der Waals surface area (Å²) in [6.45, 7) is 2.01. The van der Waals surface area contributed by atoms with Gasteiger partial charge in [-0.3, -0.25) is 9.59 Å². The molecule has 106 valence electrons. The topological polar surface area (TPSA) is 49.7 Å². The molecule has 4 heteroatoms. The van der Waals surface area contributed by atoms with Crippen molar-refractivity contribution in [3.05, 3.63) is 47.5 Å². The van der Waals surface area contributed by atoms with Crippen LogP contribution in [-0.4, -0.2) is 23.0 Å². The summed E-state index contributed by atoms with van der Waals surface area (Å²) in [5, 5.41) is 5.23. The molecule has 0 aromatic heterocycles. The molecule has 4 rings (SSSR count). The van der Waals surface area contributed by atoms with Crippen molar-refractivity contribution in [1.29, 1.82) is 0 Å². The molecule has 1 aliphatic heterocycles. The van der Waals surface area contributed by atoms with Crippen molar-refractivity contribution < 1.29 is 9.59 Å². The van der Waals surface area contributed by atoms with Crippen LogP contribution in [0.1, 0.15) is 17.5 Å². The van der Waals surface area contributed by atoms with Gasteiger partial charge in [-0.1, -0.05) is 42.0 Å². The van der Waals surface area contributed by atoms with Crippen LogP contribution in [-0.2, 0) is 9.59 Å². The monoisotopic (exact) mass is 280 g/mol. The van der Waals surface area contributed by atoms with Crippen LogP contribution in [0, 0.1) is 30.6 Å². The highest BCUT2D eigenvalue weighted by atomic mass is 16.2. The lowest BCUT2D eigenvalue weighted by atomic mass is 9.85. The Hall–Kier alpha value is -2.23. The largest absolute Gasteiger partial charge is 0.272 e. The van der Waals surface area contributed by atoms with E-state index < -0.39 is 0 Å². The quantitative estimate of drug-likeness (QED) is 0.473. The minimum atomic E-state index is -0.178. The summed E-state index contributed by atoms with van der Waals surface area (Å²) in [6, 6.07) is 7.81. The number of rotatable bonds is 2. The Balaban J connectivity index is 1.58. The minimum Gasteiger partial charge on any atom is -0.272 e. The molecular weight excluding hydrogens is 264 g/mol. The van der Waals surface area contributed by atoms with Gasteiger partial charge in [0.25, 0.3) is 11.8 Å². The summed E-state index contributed by atoms with van der Waals surface area (Å²) in [5.41, 5.74) is 2.05. The van der Waals surface area contributed by atoms with Gasteiger partial charge in [0.15, 0.2) is 0 Å². The summed E-state index contributed by atoms with van der Waals surface area (Å²) in [5.74, 6) is -0.159. The van der Waals surface area contributed by atoms with Gasteiger partial charge < -0.3 is 0 Å². The number of hydrazone groups is 1. The number of aryl methyl sites for hydroxylation is 1. The van der Waals surface area contributed by atoms with Gasteiger partial charge in [-0.05, 0) is 30.7 Å². The SMILES string of the molecule is Cc1ccc(/C=N\N2C(=O)[C@@H]3[C@@H](C2=O)[C@H]2C=C[C@H]3C2)cc1. The molecule has 4 nitrogen and oxygen atoms in total. The number of carbonyl (C=O) groups is 2. The lowest BCUT2D eigenvalue weighted by Gasteiger charge is -2.13. The molecule has 2 bridgehead atoms. The molecule has 1 heterocycles. The third-order valence-corrected chi connectivity index (χ3v) is 4.85. The first kappa shape index (κ1) is 12.5. The van der Waals surface area contributed by atoms with Crippen molar-refractivity contribution in [2.24, 2.45) is 28.8 Å². The fourth-order valence-electron chi connectivity index (χ4n) is 3.78. The van der Waals surface area contributed by atoms with Crippen LogP contribution in [0.5, 0.6) is 0 Å². The zero-order chi connectivity index (χ0) is 14.6. The number of benzene rings is 1. The van der Waals surface area contributed by atoms with E-state index in [0.717, 1.165) is 22.6 Å². The third kappa shape index (κ3) is 1.78. The smallest absolute Gasteiger partial charge is 0.254 e. The van der Waals surface area contributed by atoms with E-state index in [1.165, 1.54) is 0 Å². The van der Waals surface area contributed by atoms with Crippen LogP contribution in [0.3, 0.4) is 0 Å². The summed E-state index contributed by atoms with van der Waals surface area (Å²) >= 11 is 0. The van der Waals surface area contributed by atoms with Crippen molar-refractivity contribution in [1.82, 2.24) is 5.01 Å². The van der Waals surface area contributed by atoms with Crippen molar-refractivity contribution >= 4 is 18.0 Å². The Bertz CT molecular complexity index is 645. The molecule has 0 unspecified atom stereocenters. The number of hydrogen-bond acceptors (Lipinski definition) is 3. The van der Waals surface area contributed by atoms with Crippen LogP contribution in [0.25, 0.3) is 0 Å². The first-order valence-electron chi connectivity index (χ1n) is 7.32. The number of allylic oxidation sites excluding steroid dienone is 2. The van der Waals surface area contributed by atoms with Crippen LogP contribution < -0.4 is 0 Å². The minimum absolute atomic E-state index is 0.134. The second-order valence-electron chi connectivity index (χ2n) is 6.14. The van der Waals surface area contributed by atoms with Gasteiger partial charge >= 0.3 is 0 Å². The van der Waals surface area contributed by atoms with Crippen LogP contribution in [0.15, 0.2) is 41.5 Å². The molecule has 2 aliphatic carbocycles. The molecule has 2 fully saturated rings. The van der Waals surface area contributed by atoms with Crippen molar-refractivity contribution in [2.45, 2.75) is 13.3 Å². The summed E-state index contributed by atoms with van der Waals surface area (Å²) in [6.07, 6.45) is 6.71. The van der Waals surface area contributed by atoms with E-state index in [2.05, 4.69) is 17.3 Å². The van der Waals surface area contributed by atoms with Crippen LogP contribution in [0.4, 0.5) is 0 Å². The molecule has 0 spiro atoms. The standard InChI is InChI=1S/C17H16N2O2/c1-10-2-4-11(5-3-10)9-18-19-16(20)14-12-6-7-13(8-12)15(14)17(19)21/h2-7,9,12-15H,8H2,1H3/b18-9-/t12-,13-,14-,15-/m0/s1. The van der Waals surface area contributed by atoms with E-state index in [0.29, 0.717) is 0 Å². The zero-order valence-electron chi connectivity index (χ0n) is 11.8. The maximum atomic E-state index is 12.4.